The van der Waals surface area contributed by atoms with Crippen LogP contribution in [-0.2, 0) is 31.1 Å². The van der Waals surface area contributed by atoms with Crippen molar-refractivity contribution >= 4 is 11.9 Å². The topological polar surface area (TPSA) is 72.8 Å². The van der Waals surface area contributed by atoms with E-state index in [2.05, 4.69) is 0 Å². The predicted octanol–water partition coefficient (Wildman–Crippen LogP) is 3.32. The molecule has 0 radical (unpaired) electrons. The van der Waals surface area contributed by atoms with Gasteiger partial charge >= 0.3 is 11.9 Å². The third-order valence-corrected chi connectivity index (χ3v) is 4.04. The van der Waals surface area contributed by atoms with E-state index in [-0.39, 0.29) is 31.8 Å². The first kappa shape index (κ1) is 19.6. The molecule has 2 aromatic carbocycles. The molecule has 0 amide bonds. The summed E-state index contributed by atoms with van der Waals surface area (Å²) in [5.74, 6) is -2.95. The molecule has 0 saturated heterocycles. The van der Waals surface area contributed by atoms with Crippen molar-refractivity contribution < 1.29 is 28.6 Å². The van der Waals surface area contributed by atoms with Crippen LogP contribution in [0, 0.1) is 5.82 Å². The second-order valence-electron chi connectivity index (χ2n) is 5.73. The zero-order valence-corrected chi connectivity index (χ0v) is 14.5. The minimum Gasteiger partial charge on any atom is -0.480 e. The highest BCUT2D eigenvalue weighted by Gasteiger charge is 2.49. The van der Waals surface area contributed by atoms with E-state index in [1.165, 1.54) is 18.2 Å². The third-order valence-electron chi connectivity index (χ3n) is 4.04. The Bertz CT molecular complexity index is 747. The van der Waals surface area contributed by atoms with Crippen LogP contribution in [0.25, 0.3) is 0 Å². The molecule has 2 rings (SSSR count). The Balaban J connectivity index is 2.21. The summed E-state index contributed by atoms with van der Waals surface area (Å²) in [5, 5.41) is 9.80. The number of carbonyl (C=O) groups excluding carboxylic acids is 1. The molecule has 0 saturated carbocycles. The van der Waals surface area contributed by atoms with E-state index in [1.54, 1.807) is 6.92 Å². The largest absolute Gasteiger partial charge is 0.480 e. The smallest absolute Gasteiger partial charge is 0.328 e. The maximum atomic E-state index is 13.6. The second-order valence-corrected chi connectivity index (χ2v) is 5.73. The Kier molecular flexibility index (Phi) is 6.86. The summed E-state index contributed by atoms with van der Waals surface area (Å²) in [4.78, 5) is 24.5. The zero-order chi connectivity index (χ0) is 19.0. The summed E-state index contributed by atoms with van der Waals surface area (Å²) in [7, 11) is 0. The summed E-state index contributed by atoms with van der Waals surface area (Å²) in [5.41, 5.74) is -1.06. The fourth-order valence-corrected chi connectivity index (χ4v) is 2.68. The van der Waals surface area contributed by atoms with Crippen LogP contribution in [0.5, 0.6) is 0 Å². The molecule has 0 spiro atoms. The van der Waals surface area contributed by atoms with E-state index < -0.39 is 23.2 Å². The van der Waals surface area contributed by atoms with Crippen LogP contribution in [0.1, 0.15) is 24.5 Å². The SMILES string of the molecule is CCOC(=O)C(CCOCc1ccccc1)(C(=O)O)c1cccc(F)c1. The van der Waals surface area contributed by atoms with Crippen LogP contribution in [0.2, 0.25) is 0 Å². The van der Waals surface area contributed by atoms with Crippen molar-refractivity contribution in [1.29, 1.82) is 0 Å². The van der Waals surface area contributed by atoms with Crippen LogP contribution in [0.15, 0.2) is 54.6 Å². The lowest BCUT2D eigenvalue weighted by molar-refractivity contribution is -0.162. The highest BCUT2D eigenvalue weighted by Crippen LogP contribution is 2.31. The minimum atomic E-state index is -2.02. The number of hydrogen-bond donors (Lipinski definition) is 1. The number of esters is 1. The van der Waals surface area contributed by atoms with Crippen LogP contribution in [0.4, 0.5) is 4.39 Å². The van der Waals surface area contributed by atoms with Gasteiger partial charge in [0.05, 0.1) is 13.2 Å². The van der Waals surface area contributed by atoms with Gasteiger partial charge < -0.3 is 14.6 Å². The van der Waals surface area contributed by atoms with Gasteiger partial charge in [0, 0.05) is 13.0 Å². The molecule has 138 valence electrons. The van der Waals surface area contributed by atoms with Crippen LogP contribution in [0.3, 0.4) is 0 Å². The van der Waals surface area contributed by atoms with Crippen molar-refractivity contribution in [3.63, 3.8) is 0 Å². The van der Waals surface area contributed by atoms with Crippen molar-refractivity contribution in [3.8, 4) is 0 Å². The fourth-order valence-electron chi connectivity index (χ4n) is 2.68. The lowest BCUT2D eigenvalue weighted by Gasteiger charge is -2.27. The Morgan fingerprint density at radius 3 is 2.46 bits per heavy atom. The van der Waals surface area contributed by atoms with E-state index >= 15 is 0 Å². The molecular formula is C20H21FO5. The molecule has 2 aromatic rings. The molecule has 1 N–H and O–H groups in total. The highest BCUT2D eigenvalue weighted by molar-refractivity contribution is 6.05. The molecule has 0 heterocycles. The number of benzene rings is 2. The molecule has 5 nitrogen and oxygen atoms in total. The molecule has 1 unspecified atom stereocenters. The van der Waals surface area contributed by atoms with Crippen molar-refractivity contribution in [2.75, 3.05) is 13.2 Å². The summed E-state index contributed by atoms with van der Waals surface area (Å²) >= 11 is 0. The summed E-state index contributed by atoms with van der Waals surface area (Å²) in [6, 6.07) is 14.4. The quantitative estimate of drug-likeness (QED) is 0.422. The number of carboxylic acid groups (broad SMARTS) is 1. The van der Waals surface area contributed by atoms with E-state index in [4.69, 9.17) is 9.47 Å². The van der Waals surface area contributed by atoms with Crippen molar-refractivity contribution in [2.45, 2.75) is 25.4 Å². The first-order chi connectivity index (χ1) is 12.5. The van der Waals surface area contributed by atoms with Gasteiger partial charge in [-0.1, -0.05) is 42.5 Å². The van der Waals surface area contributed by atoms with Crippen LogP contribution in [-0.4, -0.2) is 30.3 Å². The van der Waals surface area contributed by atoms with Crippen LogP contribution >= 0.6 is 0 Å². The molecule has 26 heavy (non-hydrogen) atoms. The lowest BCUT2D eigenvalue weighted by Crippen LogP contribution is -2.46. The standard InChI is InChI=1S/C20H21FO5/c1-2-26-19(24)20(18(22)23,16-9-6-10-17(21)13-16)11-12-25-14-15-7-4-3-5-8-15/h3-10,13H,2,11-12,14H2,1H3,(H,22,23). The monoisotopic (exact) mass is 360 g/mol. The molecule has 0 fully saturated rings. The number of hydrogen-bond acceptors (Lipinski definition) is 4. The zero-order valence-electron chi connectivity index (χ0n) is 14.5. The first-order valence-electron chi connectivity index (χ1n) is 8.29. The van der Waals surface area contributed by atoms with Gasteiger partial charge in [-0.05, 0) is 30.2 Å². The number of carboxylic acids is 1. The summed E-state index contributed by atoms with van der Waals surface area (Å²) in [6.45, 7) is 1.88. The summed E-state index contributed by atoms with van der Waals surface area (Å²) < 4.78 is 24.2. The molecule has 0 aliphatic carbocycles. The number of ether oxygens (including phenoxy) is 2. The van der Waals surface area contributed by atoms with Gasteiger partial charge in [-0.15, -0.1) is 0 Å². The normalized spacial score (nSPS) is 13.0. The fraction of sp³-hybridized carbons (Fsp3) is 0.300. The molecule has 0 bridgehead atoms. The predicted molar refractivity (Wildman–Crippen MR) is 93.1 cm³/mol. The number of halogens is 1. The Hall–Kier alpha value is -2.73. The average Bonchev–Trinajstić information content (AvgIpc) is 2.62. The number of aliphatic carboxylic acids is 1. The number of rotatable bonds is 9. The first-order valence-corrected chi connectivity index (χ1v) is 8.29. The molecule has 0 aromatic heterocycles. The van der Waals surface area contributed by atoms with Crippen molar-refractivity contribution in [3.05, 3.63) is 71.5 Å². The Morgan fingerprint density at radius 2 is 1.85 bits per heavy atom. The van der Waals surface area contributed by atoms with Gasteiger partial charge in [-0.25, -0.2) is 4.39 Å². The maximum Gasteiger partial charge on any atom is 0.328 e. The van der Waals surface area contributed by atoms with E-state index in [1.807, 2.05) is 30.3 Å². The van der Waals surface area contributed by atoms with Crippen molar-refractivity contribution in [2.24, 2.45) is 0 Å². The van der Waals surface area contributed by atoms with Gasteiger partial charge in [0.2, 0.25) is 0 Å². The van der Waals surface area contributed by atoms with Gasteiger partial charge in [0.25, 0.3) is 0 Å². The highest BCUT2D eigenvalue weighted by atomic mass is 19.1. The summed E-state index contributed by atoms with van der Waals surface area (Å²) in [6.07, 6.45) is -0.169. The second kappa shape index (κ2) is 9.10. The molecule has 1 atom stereocenters. The Morgan fingerprint density at radius 1 is 1.12 bits per heavy atom. The minimum absolute atomic E-state index is 0.00345. The van der Waals surface area contributed by atoms with Crippen LogP contribution < -0.4 is 0 Å². The Labute approximate surface area is 151 Å². The van der Waals surface area contributed by atoms with E-state index in [9.17, 15) is 19.1 Å². The molecule has 0 aliphatic heterocycles. The van der Waals surface area contributed by atoms with Gasteiger partial charge in [0.15, 0.2) is 5.41 Å². The average molecular weight is 360 g/mol. The molecule has 6 heteroatoms. The van der Waals surface area contributed by atoms with Gasteiger partial charge in [-0.3, -0.25) is 9.59 Å². The lowest BCUT2D eigenvalue weighted by atomic mass is 9.77. The van der Waals surface area contributed by atoms with Crippen molar-refractivity contribution in [1.82, 2.24) is 0 Å². The van der Waals surface area contributed by atoms with Gasteiger partial charge in [0.1, 0.15) is 5.82 Å². The molecule has 0 aliphatic rings. The van der Waals surface area contributed by atoms with E-state index in [0.717, 1.165) is 11.6 Å². The molecular weight excluding hydrogens is 339 g/mol. The van der Waals surface area contributed by atoms with E-state index in [0.29, 0.717) is 0 Å². The third kappa shape index (κ3) is 4.46. The number of carbonyl (C=O) groups is 2. The van der Waals surface area contributed by atoms with Gasteiger partial charge in [-0.2, -0.15) is 0 Å². The maximum absolute atomic E-state index is 13.6.